The van der Waals surface area contributed by atoms with Crippen LogP contribution in [-0.4, -0.2) is 72.7 Å². The van der Waals surface area contributed by atoms with Crippen LogP contribution >= 0.6 is 0 Å². The second-order valence-electron chi connectivity index (χ2n) is 4.49. The lowest BCUT2D eigenvalue weighted by Crippen LogP contribution is -2.49. The number of amides is 3. The van der Waals surface area contributed by atoms with Gasteiger partial charge < -0.3 is 25.4 Å². The van der Waals surface area contributed by atoms with Gasteiger partial charge >= 0.3 is 12.0 Å². The molecule has 3 N–H and O–H groups in total. The van der Waals surface area contributed by atoms with E-state index in [0.717, 1.165) is 10.5 Å². The van der Waals surface area contributed by atoms with Crippen LogP contribution < -0.4 is 5.73 Å². The average molecular weight is 285 g/mol. The van der Waals surface area contributed by atoms with E-state index in [4.69, 9.17) is 15.6 Å². The molecule has 0 aromatic heterocycles. The van der Waals surface area contributed by atoms with Crippen LogP contribution in [0, 0.1) is 0 Å². The lowest BCUT2D eigenvalue weighted by atomic mass is 10.1. The zero-order valence-electron chi connectivity index (χ0n) is 11.4. The fourth-order valence-corrected chi connectivity index (χ4v) is 1.94. The van der Waals surface area contributed by atoms with Gasteiger partial charge in [-0.1, -0.05) is 6.08 Å². The quantitative estimate of drug-likeness (QED) is 0.624. The number of primary amides is 1. The number of methoxy groups -OCH3 is 1. The Labute approximate surface area is 116 Å². The van der Waals surface area contributed by atoms with Crippen LogP contribution in [0.3, 0.4) is 0 Å². The number of ether oxygens (including phenoxy) is 1. The lowest BCUT2D eigenvalue weighted by Gasteiger charge is -2.31. The Morgan fingerprint density at radius 3 is 2.60 bits per heavy atom. The van der Waals surface area contributed by atoms with Crippen LogP contribution in [0.15, 0.2) is 11.6 Å². The summed E-state index contributed by atoms with van der Waals surface area (Å²) in [6, 6.07) is -0.501. The summed E-state index contributed by atoms with van der Waals surface area (Å²) in [6.07, 6.45) is 2.53. The predicted octanol–water partition coefficient (Wildman–Crippen LogP) is -0.743. The van der Waals surface area contributed by atoms with Gasteiger partial charge in [0.2, 0.25) is 5.91 Å². The third kappa shape index (κ3) is 4.88. The number of urea groups is 1. The second-order valence-corrected chi connectivity index (χ2v) is 4.49. The Bertz CT molecular complexity index is 405. The van der Waals surface area contributed by atoms with Gasteiger partial charge in [0, 0.05) is 20.2 Å². The Morgan fingerprint density at radius 2 is 2.15 bits per heavy atom. The molecule has 0 spiro atoms. The van der Waals surface area contributed by atoms with Crippen LogP contribution in [0.1, 0.15) is 6.42 Å². The summed E-state index contributed by atoms with van der Waals surface area (Å²) in [4.78, 5) is 36.2. The molecule has 8 heteroatoms. The van der Waals surface area contributed by atoms with Crippen LogP contribution in [0.2, 0.25) is 0 Å². The van der Waals surface area contributed by atoms with Gasteiger partial charge in [-0.15, -0.1) is 0 Å². The molecule has 0 aliphatic carbocycles. The largest absolute Gasteiger partial charge is 0.480 e. The van der Waals surface area contributed by atoms with E-state index < -0.39 is 31.0 Å². The monoisotopic (exact) mass is 285 g/mol. The molecule has 0 aromatic carbocycles. The number of hydrogen-bond acceptors (Lipinski definition) is 4. The van der Waals surface area contributed by atoms with Crippen molar-refractivity contribution in [3.63, 3.8) is 0 Å². The summed E-state index contributed by atoms with van der Waals surface area (Å²) in [7, 11) is 1.60. The summed E-state index contributed by atoms with van der Waals surface area (Å²) in [5, 5.41) is 8.76. The van der Waals surface area contributed by atoms with Gasteiger partial charge in [0.25, 0.3) is 0 Å². The van der Waals surface area contributed by atoms with E-state index in [1.54, 1.807) is 7.11 Å². The van der Waals surface area contributed by atoms with Crippen LogP contribution in [0.5, 0.6) is 0 Å². The summed E-state index contributed by atoms with van der Waals surface area (Å²) < 4.78 is 5.01. The molecule has 1 rings (SSSR count). The van der Waals surface area contributed by atoms with E-state index in [9.17, 15) is 14.4 Å². The number of nitrogens with zero attached hydrogens (tertiary/aromatic N) is 2. The first-order chi connectivity index (χ1) is 9.43. The SMILES string of the molecule is COCC1=CCN(C(=O)N(CC(N)=O)CC(=O)O)CC1. The Balaban J connectivity index is 2.66. The third-order valence-electron chi connectivity index (χ3n) is 2.85. The number of rotatable bonds is 6. The van der Waals surface area contributed by atoms with Crippen molar-refractivity contribution >= 4 is 17.9 Å². The molecule has 1 heterocycles. The molecule has 0 aromatic rings. The predicted molar refractivity (Wildman–Crippen MR) is 69.9 cm³/mol. The molecule has 1 aliphatic heterocycles. The molecule has 20 heavy (non-hydrogen) atoms. The van der Waals surface area contributed by atoms with Gasteiger partial charge in [-0.2, -0.15) is 0 Å². The molecule has 0 fully saturated rings. The highest BCUT2D eigenvalue weighted by molar-refractivity contribution is 5.86. The van der Waals surface area contributed by atoms with Gasteiger partial charge in [-0.25, -0.2) is 4.79 Å². The molecule has 8 nitrogen and oxygen atoms in total. The maximum absolute atomic E-state index is 12.2. The zero-order valence-corrected chi connectivity index (χ0v) is 11.4. The molecule has 0 bridgehead atoms. The molecule has 1 aliphatic rings. The van der Waals surface area contributed by atoms with Gasteiger partial charge in [-0.3, -0.25) is 9.59 Å². The summed E-state index contributed by atoms with van der Waals surface area (Å²) in [5.74, 6) is -1.93. The normalized spacial score (nSPS) is 14.7. The van der Waals surface area contributed by atoms with Crippen molar-refractivity contribution in [3.05, 3.63) is 11.6 Å². The lowest BCUT2D eigenvalue weighted by molar-refractivity contribution is -0.138. The highest BCUT2D eigenvalue weighted by Crippen LogP contribution is 2.12. The van der Waals surface area contributed by atoms with Crippen molar-refractivity contribution in [3.8, 4) is 0 Å². The van der Waals surface area contributed by atoms with Crippen LogP contribution in [-0.2, 0) is 14.3 Å². The first-order valence-electron chi connectivity index (χ1n) is 6.14. The number of nitrogens with two attached hydrogens (primary N) is 1. The van der Waals surface area contributed by atoms with E-state index >= 15 is 0 Å². The smallest absolute Gasteiger partial charge is 0.323 e. The van der Waals surface area contributed by atoms with Crippen molar-refractivity contribution in [2.45, 2.75) is 6.42 Å². The van der Waals surface area contributed by atoms with E-state index in [0.29, 0.717) is 26.1 Å². The topological polar surface area (TPSA) is 113 Å². The first kappa shape index (κ1) is 16.0. The minimum atomic E-state index is -1.19. The molecular weight excluding hydrogens is 266 g/mol. The molecule has 0 unspecified atom stereocenters. The number of hydrogen-bond donors (Lipinski definition) is 2. The minimum absolute atomic E-state index is 0.367. The number of carbonyl (C=O) groups is 3. The number of carbonyl (C=O) groups excluding carboxylic acids is 2. The number of aliphatic carboxylic acids is 1. The van der Waals surface area contributed by atoms with Crippen molar-refractivity contribution in [2.75, 3.05) is 39.9 Å². The van der Waals surface area contributed by atoms with Crippen LogP contribution in [0.25, 0.3) is 0 Å². The Morgan fingerprint density at radius 1 is 1.45 bits per heavy atom. The average Bonchev–Trinajstić information content (AvgIpc) is 2.37. The van der Waals surface area contributed by atoms with Crippen molar-refractivity contribution in [2.24, 2.45) is 5.73 Å². The molecular formula is C12H19N3O5. The van der Waals surface area contributed by atoms with Crippen molar-refractivity contribution in [1.29, 1.82) is 0 Å². The van der Waals surface area contributed by atoms with Crippen molar-refractivity contribution in [1.82, 2.24) is 9.80 Å². The molecule has 0 atom stereocenters. The standard InChI is InChI=1S/C12H19N3O5/c1-20-8-9-2-4-14(5-3-9)12(19)15(6-10(13)16)7-11(17)18/h2H,3-8H2,1H3,(H2,13,16)(H,17,18). The van der Waals surface area contributed by atoms with E-state index in [-0.39, 0.29) is 0 Å². The van der Waals surface area contributed by atoms with Gasteiger partial charge in [0.1, 0.15) is 13.1 Å². The summed E-state index contributed by atoms with van der Waals surface area (Å²) in [6.45, 7) is 0.390. The van der Waals surface area contributed by atoms with Gasteiger partial charge in [0.05, 0.1) is 6.61 Å². The number of carboxylic acid groups (broad SMARTS) is 1. The third-order valence-corrected chi connectivity index (χ3v) is 2.85. The summed E-state index contributed by atoms with van der Waals surface area (Å²) in [5.41, 5.74) is 6.12. The fraction of sp³-hybridized carbons (Fsp3) is 0.583. The number of carboxylic acids is 1. The zero-order chi connectivity index (χ0) is 15.1. The second kappa shape index (κ2) is 7.49. The fourth-order valence-electron chi connectivity index (χ4n) is 1.94. The molecule has 0 radical (unpaired) electrons. The maximum atomic E-state index is 12.2. The molecule has 112 valence electrons. The molecule has 3 amide bonds. The highest BCUT2D eigenvalue weighted by atomic mass is 16.5. The van der Waals surface area contributed by atoms with E-state index in [1.165, 1.54) is 4.90 Å². The highest BCUT2D eigenvalue weighted by Gasteiger charge is 2.25. The summed E-state index contributed by atoms with van der Waals surface area (Å²) >= 11 is 0. The van der Waals surface area contributed by atoms with Crippen LogP contribution in [0.4, 0.5) is 4.79 Å². The maximum Gasteiger partial charge on any atom is 0.323 e. The minimum Gasteiger partial charge on any atom is -0.480 e. The van der Waals surface area contributed by atoms with E-state index in [1.807, 2.05) is 6.08 Å². The van der Waals surface area contributed by atoms with Gasteiger partial charge in [-0.05, 0) is 12.0 Å². The molecule has 0 saturated heterocycles. The Kier molecular flexibility index (Phi) is 5.98. The molecule has 0 saturated carbocycles. The first-order valence-corrected chi connectivity index (χ1v) is 6.14. The van der Waals surface area contributed by atoms with Gasteiger partial charge in [0.15, 0.2) is 0 Å². The van der Waals surface area contributed by atoms with E-state index in [2.05, 4.69) is 0 Å². The van der Waals surface area contributed by atoms with Crippen molar-refractivity contribution < 1.29 is 24.2 Å². The Hall–Kier alpha value is -2.09.